The maximum Gasteiger partial charge on any atom is 0.237 e. The molecular formula is C21H28N4O2. The van der Waals surface area contributed by atoms with Crippen LogP contribution in [0.5, 0.6) is 0 Å². The summed E-state index contributed by atoms with van der Waals surface area (Å²) in [7, 11) is 3.93. The molecule has 1 aliphatic heterocycles. The molecule has 0 saturated carbocycles. The first-order valence-electron chi connectivity index (χ1n) is 9.44. The molecule has 3 rings (SSSR count). The summed E-state index contributed by atoms with van der Waals surface area (Å²) in [5, 5.41) is 8.18. The molecule has 1 aliphatic rings. The van der Waals surface area contributed by atoms with E-state index in [2.05, 4.69) is 45.9 Å². The summed E-state index contributed by atoms with van der Waals surface area (Å²) < 4.78 is 0. The average molecular weight is 368 g/mol. The summed E-state index contributed by atoms with van der Waals surface area (Å²) in [6.45, 7) is 3.39. The van der Waals surface area contributed by atoms with Crippen molar-refractivity contribution in [3.05, 3.63) is 48.0 Å². The smallest absolute Gasteiger partial charge is 0.237 e. The molecule has 1 saturated heterocycles. The van der Waals surface area contributed by atoms with Gasteiger partial charge in [0.05, 0.1) is 12.5 Å². The number of nitrogens with zero attached hydrogens (tertiary/aromatic N) is 2. The van der Waals surface area contributed by atoms with Crippen LogP contribution in [0.1, 0.15) is 12.0 Å². The Hall–Kier alpha value is -2.44. The highest BCUT2D eigenvalue weighted by Crippen LogP contribution is 2.19. The van der Waals surface area contributed by atoms with Gasteiger partial charge in [0.2, 0.25) is 11.8 Å². The van der Waals surface area contributed by atoms with Gasteiger partial charge >= 0.3 is 0 Å². The zero-order valence-electron chi connectivity index (χ0n) is 16.1. The molecular weight excluding hydrogens is 340 g/mol. The van der Waals surface area contributed by atoms with Gasteiger partial charge in [-0.3, -0.25) is 14.5 Å². The molecule has 144 valence electrons. The first-order valence-corrected chi connectivity index (χ1v) is 9.44. The van der Waals surface area contributed by atoms with Crippen molar-refractivity contribution in [1.29, 1.82) is 0 Å². The number of hydrogen-bond acceptors (Lipinski definition) is 4. The quantitative estimate of drug-likeness (QED) is 0.771. The summed E-state index contributed by atoms with van der Waals surface area (Å²) in [4.78, 5) is 28.8. The van der Waals surface area contributed by atoms with Gasteiger partial charge in [-0.05, 0) is 36.5 Å². The van der Waals surface area contributed by atoms with Gasteiger partial charge in [-0.2, -0.15) is 0 Å². The molecule has 6 heteroatoms. The molecule has 0 bridgehead atoms. The van der Waals surface area contributed by atoms with E-state index in [0.29, 0.717) is 19.6 Å². The van der Waals surface area contributed by atoms with E-state index in [1.807, 2.05) is 31.1 Å². The zero-order valence-corrected chi connectivity index (χ0v) is 16.1. The molecule has 27 heavy (non-hydrogen) atoms. The van der Waals surface area contributed by atoms with Crippen molar-refractivity contribution in [2.75, 3.05) is 40.3 Å². The van der Waals surface area contributed by atoms with Crippen molar-refractivity contribution >= 4 is 22.6 Å². The van der Waals surface area contributed by atoms with E-state index in [9.17, 15) is 9.59 Å². The predicted molar refractivity (Wildman–Crippen MR) is 107 cm³/mol. The minimum Gasteiger partial charge on any atom is -0.355 e. The topological polar surface area (TPSA) is 64.7 Å². The van der Waals surface area contributed by atoms with Crippen molar-refractivity contribution in [3.8, 4) is 0 Å². The van der Waals surface area contributed by atoms with E-state index in [-0.39, 0.29) is 18.2 Å². The number of benzene rings is 2. The predicted octanol–water partition coefficient (Wildman–Crippen LogP) is 1.21. The van der Waals surface area contributed by atoms with E-state index in [1.165, 1.54) is 10.8 Å². The highest BCUT2D eigenvalue weighted by Gasteiger charge is 2.31. The Kier molecular flexibility index (Phi) is 6.42. The van der Waals surface area contributed by atoms with Crippen molar-refractivity contribution in [2.24, 2.45) is 0 Å². The van der Waals surface area contributed by atoms with Crippen LogP contribution in [0, 0.1) is 0 Å². The highest BCUT2D eigenvalue weighted by molar-refractivity contribution is 5.89. The van der Waals surface area contributed by atoms with Crippen LogP contribution in [0.4, 0.5) is 0 Å². The fourth-order valence-corrected chi connectivity index (χ4v) is 3.41. The molecule has 2 aromatic carbocycles. The van der Waals surface area contributed by atoms with Crippen molar-refractivity contribution in [2.45, 2.75) is 19.0 Å². The molecule has 6 nitrogen and oxygen atoms in total. The van der Waals surface area contributed by atoms with Crippen LogP contribution in [0.2, 0.25) is 0 Å². The fourth-order valence-electron chi connectivity index (χ4n) is 3.41. The summed E-state index contributed by atoms with van der Waals surface area (Å²) in [5.74, 6) is -0.146. The van der Waals surface area contributed by atoms with Crippen LogP contribution >= 0.6 is 0 Å². The van der Waals surface area contributed by atoms with Crippen molar-refractivity contribution < 1.29 is 9.59 Å². The number of carbonyl (C=O) groups is 2. The number of nitrogens with one attached hydrogen (secondary N) is 2. The second-order valence-electron chi connectivity index (χ2n) is 7.32. The number of amides is 2. The van der Waals surface area contributed by atoms with E-state index in [0.717, 1.165) is 18.7 Å². The summed E-state index contributed by atoms with van der Waals surface area (Å²) >= 11 is 0. The van der Waals surface area contributed by atoms with Crippen LogP contribution in [0.15, 0.2) is 42.5 Å². The number of hydrogen-bond donors (Lipinski definition) is 2. The molecule has 2 N–H and O–H groups in total. The molecule has 0 spiro atoms. The van der Waals surface area contributed by atoms with Gasteiger partial charge in [-0.15, -0.1) is 0 Å². The average Bonchev–Trinajstić information content (AvgIpc) is 2.64. The van der Waals surface area contributed by atoms with Gasteiger partial charge in [0.15, 0.2) is 0 Å². The Balaban J connectivity index is 1.65. The normalized spacial score (nSPS) is 17.9. The van der Waals surface area contributed by atoms with Crippen LogP contribution in [-0.4, -0.2) is 67.9 Å². The van der Waals surface area contributed by atoms with E-state index in [1.54, 1.807) is 0 Å². The first-order chi connectivity index (χ1) is 13.0. The van der Waals surface area contributed by atoms with Gasteiger partial charge in [0.1, 0.15) is 0 Å². The molecule has 0 aliphatic carbocycles. The monoisotopic (exact) mass is 368 g/mol. The number of piperazine rings is 1. The zero-order chi connectivity index (χ0) is 19.2. The lowest BCUT2D eigenvalue weighted by Crippen LogP contribution is -2.56. The standard InChI is InChI=1S/C21H28N4O2/c1-24(2)11-9-22-20(26)14-19-21(27)23-10-12-25(19)15-16-7-8-17-5-3-4-6-18(17)13-16/h3-8,13,19H,9-12,14-15H2,1-2H3,(H,22,26)(H,23,27)/t19-/m1/s1. The largest absolute Gasteiger partial charge is 0.355 e. The van der Waals surface area contributed by atoms with Crippen molar-refractivity contribution in [1.82, 2.24) is 20.4 Å². The Morgan fingerprint density at radius 1 is 1.22 bits per heavy atom. The van der Waals surface area contributed by atoms with Crippen LogP contribution < -0.4 is 10.6 Å². The first kappa shape index (κ1) is 19.3. The van der Waals surface area contributed by atoms with Crippen LogP contribution in [0.25, 0.3) is 10.8 Å². The van der Waals surface area contributed by atoms with E-state index < -0.39 is 6.04 Å². The molecule has 0 aromatic heterocycles. The number of likely N-dealkylation sites (N-methyl/N-ethyl adjacent to an activating group) is 1. The fraction of sp³-hybridized carbons (Fsp3) is 0.429. The van der Waals surface area contributed by atoms with Crippen LogP contribution in [-0.2, 0) is 16.1 Å². The Morgan fingerprint density at radius 3 is 2.78 bits per heavy atom. The minimum absolute atomic E-state index is 0.0650. The van der Waals surface area contributed by atoms with E-state index in [4.69, 9.17) is 0 Å². The molecule has 0 radical (unpaired) electrons. The lowest BCUT2D eigenvalue weighted by atomic mass is 10.0. The Labute approximate surface area is 160 Å². The third-order valence-electron chi connectivity index (χ3n) is 4.90. The van der Waals surface area contributed by atoms with Gasteiger partial charge in [0, 0.05) is 32.7 Å². The summed E-state index contributed by atoms with van der Waals surface area (Å²) in [6, 6.07) is 14.2. The third-order valence-corrected chi connectivity index (χ3v) is 4.90. The molecule has 1 heterocycles. The molecule has 1 fully saturated rings. The van der Waals surface area contributed by atoms with Gasteiger partial charge in [-0.25, -0.2) is 0 Å². The molecule has 1 atom stereocenters. The molecule has 2 amide bonds. The molecule has 0 unspecified atom stereocenters. The third kappa shape index (κ3) is 5.28. The lowest BCUT2D eigenvalue weighted by molar-refractivity contribution is -0.134. The maximum absolute atomic E-state index is 12.4. The van der Waals surface area contributed by atoms with E-state index >= 15 is 0 Å². The number of carbonyl (C=O) groups excluding carboxylic acids is 2. The Morgan fingerprint density at radius 2 is 2.00 bits per heavy atom. The summed E-state index contributed by atoms with van der Waals surface area (Å²) in [6.07, 6.45) is 0.187. The van der Waals surface area contributed by atoms with Gasteiger partial charge in [0.25, 0.3) is 0 Å². The van der Waals surface area contributed by atoms with Crippen LogP contribution in [0.3, 0.4) is 0 Å². The lowest BCUT2D eigenvalue weighted by Gasteiger charge is -2.34. The number of fused-ring (bicyclic) bond motifs is 1. The van der Waals surface area contributed by atoms with Gasteiger partial charge < -0.3 is 15.5 Å². The second kappa shape index (κ2) is 8.97. The number of rotatable bonds is 7. The Bertz CT molecular complexity index is 806. The molecule has 2 aromatic rings. The highest BCUT2D eigenvalue weighted by atomic mass is 16.2. The SMILES string of the molecule is CN(C)CCNC(=O)C[C@@H]1C(=O)NCCN1Cc1ccc2ccccc2c1. The summed E-state index contributed by atoms with van der Waals surface area (Å²) in [5.41, 5.74) is 1.15. The second-order valence-corrected chi connectivity index (χ2v) is 7.32. The van der Waals surface area contributed by atoms with Crippen molar-refractivity contribution in [3.63, 3.8) is 0 Å². The minimum atomic E-state index is -0.426. The van der Waals surface area contributed by atoms with Gasteiger partial charge in [-0.1, -0.05) is 36.4 Å². The maximum atomic E-state index is 12.4.